The molecule has 0 bridgehead atoms. The van der Waals surface area contributed by atoms with Crippen LogP contribution in [-0.2, 0) is 0 Å². The molecule has 2 N–H and O–H groups in total. The van der Waals surface area contributed by atoms with E-state index >= 15 is 0 Å². The molecule has 2 aromatic rings. The number of thiophene rings is 1. The SMILES string of the molecule is NC(=O)c1csc2ccccc12. The highest BCUT2D eigenvalue weighted by Gasteiger charge is 2.06. The van der Waals surface area contributed by atoms with Crippen molar-refractivity contribution in [1.29, 1.82) is 0 Å². The minimum absolute atomic E-state index is 0.354. The van der Waals surface area contributed by atoms with Crippen LogP contribution in [0.1, 0.15) is 10.4 Å². The molecule has 2 rings (SSSR count). The van der Waals surface area contributed by atoms with E-state index in [0.717, 1.165) is 10.1 Å². The van der Waals surface area contributed by atoms with Crippen molar-refractivity contribution in [1.82, 2.24) is 0 Å². The Morgan fingerprint density at radius 1 is 1.33 bits per heavy atom. The average molecular weight is 177 g/mol. The van der Waals surface area contributed by atoms with E-state index < -0.39 is 0 Å². The van der Waals surface area contributed by atoms with Gasteiger partial charge in [-0.15, -0.1) is 11.3 Å². The zero-order valence-corrected chi connectivity index (χ0v) is 7.10. The summed E-state index contributed by atoms with van der Waals surface area (Å²) in [4.78, 5) is 10.9. The number of benzene rings is 1. The van der Waals surface area contributed by atoms with Crippen LogP contribution in [0.15, 0.2) is 29.6 Å². The van der Waals surface area contributed by atoms with Crippen molar-refractivity contribution in [2.45, 2.75) is 0 Å². The fourth-order valence-corrected chi connectivity index (χ4v) is 2.12. The molecule has 0 aliphatic heterocycles. The van der Waals surface area contributed by atoms with E-state index in [-0.39, 0.29) is 5.91 Å². The molecule has 1 amide bonds. The number of fused-ring (bicyclic) bond motifs is 1. The number of hydrogen-bond acceptors (Lipinski definition) is 2. The van der Waals surface area contributed by atoms with Gasteiger partial charge < -0.3 is 5.73 Å². The Labute approximate surface area is 73.6 Å². The van der Waals surface area contributed by atoms with Crippen molar-refractivity contribution >= 4 is 27.3 Å². The third-order valence-electron chi connectivity index (χ3n) is 1.75. The molecule has 12 heavy (non-hydrogen) atoms. The van der Waals surface area contributed by atoms with Gasteiger partial charge in [-0.3, -0.25) is 4.79 Å². The summed E-state index contributed by atoms with van der Waals surface area (Å²) < 4.78 is 1.10. The summed E-state index contributed by atoms with van der Waals surface area (Å²) in [5.41, 5.74) is 5.81. The Balaban J connectivity index is 2.79. The fraction of sp³-hybridized carbons (Fsp3) is 0. The number of carbonyl (C=O) groups excluding carboxylic acids is 1. The summed E-state index contributed by atoms with van der Waals surface area (Å²) >= 11 is 1.54. The highest BCUT2D eigenvalue weighted by atomic mass is 32.1. The first-order chi connectivity index (χ1) is 5.79. The molecule has 0 fully saturated rings. The maximum Gasteiger partial charge on any atom is 0.250 e. The molecule has 3 heteroatoms. The summed E-state index contributed by atoms with van der Waals surface area (Å²) in [6.07, 6.45) is 0. The summed E-state index contributed by atoms with van der Waals surface area (Å²) in [7, 11) is 0. The predicted octanol–water partition coefficient (Wildman–Crippen LogP) is 2.00. The number of carbonyl (C=O) groups is 1. The quantitative estimate of drug-likeness (QED) is 0.711. The van der Waals surface area contributed by atoms with Crippen LogP contribution in [0.25, 0.3) is 10.1 Å². The average Bonchev–Trinajstić information content (AvgIpc) is 2.47. The Morgan fingerprint density at radius 3 is 2.83 bits per heavy atom. The smallest absolute Gasteiger partial charge is 0.250 e. The molecule has 60 valence electrons. The molecule has 1 heterocycles. The number of hydrogen-bond donors (Lipinski definition) is 1. The summed E-state index contributed by atoms with van der Waals surface area (Å²) in [5, 5.41) is 2.75. The van der Waals surface area contributed by atoms with Crippen molar-refractivity contribution in [3.05, 3.63) is 35.2 Å². The molecule has 2 nitrogen and oxygen atoms in total. The molecule has 0 spiro atoms. The van der Waals surface area contributed by atoms with Crippen LogP contribution in [0.2, 0.25) is 0 Å². The van der Waals surface area contributed by atoms with E-state index in [9.17, 15) is 4.79 Å². The van der Waals surface area contributed by atoms with E-state index in [0.29, 0.717) is 5.56 Å². The van der Waals surface area contributed by atoms with Gasteiger partial charge >= 0.3 is 0 Å². The Hall–Kier alpha value is -1.35. The second kappa shape index (κ2) is 2.60. The van der Waals surface area contributed by atoms with E-state index in [2.05, 4.69) is 0 Å². The van der Waals surface area contributed by atoms with Crippen molar-refractivity contribution in [3.8, 4) is 0 Å². The molecular weight excluding hydrogens is 170 g/mol. The zero-order valence-electron chi connectivity index (χ0n) is 6.28. The van der Waals surface area contributed by atoms with Gasteiger partial charge in [0.25, 0.3) is 0 Å². The van der Waals surface area contributed by atoms with Crippen LogP contribution >= 0.6 is 11.3 Å². The van der Waals surface area contributed by atoms with Crippen molar-refractivity contribution in [2.24, 2.45) is 5.73 Å². The van der Waals surface area contributed by atoms with Crippen LogP contribution in [-0.4, -0.2) is 5.91 Å². The molecule has 1 aromatic carbocycles. The second-order valence-electron chi connectivity index (χ2n) is 2.51. The van der Waals surface area contributed by atoms with Gasteiger partial charge in [0, 0.05) is 15.5 Å². The van der Waals surface area contributed by atoms with Gasteiger partial charge in [-0.25, -0.2) is 0 Å². The van der Waals surface area contributed by atoms with Crippen LogP contribution in [0.5, 0.6) is 0 Å². The monoisotopic (exact) mass is 177 g/mol. The molecule has 0 saturated heterocycles. The molecule has 0 saturated carbocycles. The lowest BCUT2D eigenvalue weighted by Gasteiger charge is -1.90. The van der Waals surface area contributed by atoms with E-state index in [1.54, 1.807) is 16.7 Å². The first-order valence-electron chi connectivity index (χ1n) is 3.55. The maximum absolute atomic E-state index is 10.9. The Bertz CT molecular complexity index is 433. The second-order valence-corrected chi connectivity index (χ2v) is 3.42. The highest BCUT2D eigenvalue weighted by molar-refractivity contribution is 7.17. The predicted molar refractivity (Wildman–Crippen MR) is 50.3 cm³/mol. The highest BCUT2D eigenvalue weighted by Crippen LogP contribution is 2.24. The number of nitrogens with two attached hydrogens (primary N) is 1. The molecule has 0 radical (unpaired) electrons. The van der Waals surface area contributed by atoms with Crippen molar-refractivity contribution in [2.75, 3.05) is 0 Å². The lowest BCUT2D eigenvalue weighted by Crippen LogP contribution is -2.09. The maximum atomic E-state index is 10.9. The minimum atomic E-state index is -0.354. The van der Waals surface area contributed by atoms with Crippen LogP contribution in [0, 0.1) is 0 Å². The van der Waals surface area contributed by atoms with Gasteiger partial charge in [0.2, 0.25) is 5.91 Å². The van der Waals surface area contributed by atoms with Gasteiger partial charge in [-0.05, 0) is 6.07 Å². The number of rotatable bonds is 1. The van der Waals surface area contributed by atoms with Crippen LogP contribution < -0.4 is 5.73 Å². The topological polar surface area (TPSA) is 43.1 Å². The summed E-state index contributed by atoms with van der Waals surface area (Å²) in [6, 6.07) is 7.74. The lowest BCUT2D eigenvalue weighted by atomic mass is 10.2. The van der Waals surface area contributed by atoms with Gasteiger partial charge in [0.15, 0.2) is 0 Å². The first-order valence-corrected chi connectivity index (χ1v) is 4.43. The molecule has 0 aliphatic carbocycles. The van der Waals surface area contributed by atoms with Crippen molar-refractivity contribution in [3.63, 3.8) is 0 Å². The van der Waals surface area contributed by atoms with Crippen molar-refractivity contribution < 1.29 is 4.79 Å². The normalized spacial score (nSPS) is 10.3. The molecular formula is C9H7NOS. The van der Waals surface area contributed by atoms with Gasteiger partial charge in [-0.2, -0.15) is 0 Å². The van der Waals surface area contributed by atoms with Gasteiger partial charge in [-0.1, -0.05) is 18.2 Å². The largest absolute Gasteiger partial charge is 0.366 e. The van der Waals surface area contributed by atoms with Gasteiger partial charge in [0.1, 0.15) is 0 Å². The lowest BCUT2D eigenvalue weighted by molar-refractivity contribution is 0.100. The molecule has 0 atom stereocenters. The van der Waals surface area contributed by atoms with Crippen LogP contribution in [0.4, 0.5) is 0 Å². The van der Waals surface area contributed by atoms with E-state index in [1.165, 1.54) is 0 Å². The molecule has 0 unspecified atom stereocenters. The van der Waals surface area contributed by atoms with Crippen LogP contribution in [0.3, 0.4) is 0 Å². The fourth-order valence-electron chi connectivity index (χ4n) is 1.17. The Morgan fingerprint density at radius 2 is 2.08 bits per heavy atom. The van der Waals surface area contributed by atoms with Gasteiger partial charge in [0.05, 0.1) is 5.56 Å². The molecule has 1 aromatic heterocycles. The summed E-state index contributed by atoms with van der Waals surface area (Å²) in [5.74, 6) is -0.354. The standard InChI is InChI=1S/C9H7NOS/c10-9(11)7-5-12-8-4-2-1-3-6(7)8/h1-5H,(H2,10,11). The third kappa shape index (κ3) is 0.987. The molecule has 0 aliphatic rings. The number of primary amides is 1. The summed E-state index contributed by atoms with van der Waals surface area (Å²) in [6.45, 7) is 0. The Kier molecular flexibility index (Phi) is 1.59. The van der Waals surface area contributed by atoms with E-state index in [1.807, 2.05) is 24.3 Å². The first kappa shape index (κ1) is 7.31. The van der Waals surface area contributed by atoms with E-state index in [4.69, 9.17) is 5.73 Å². The minimum Gasteiger partial charge on any atom is -0.366 e. The zero-order chi connectivity index (χ0) is 8.55. The number of amides is 1. The third-order valence-corrected chi connectivity index (χ3v) is 2.71.